The number of anilines is 1. The van der Waals surface area contributed by atoms with E-state index >= 15 is 0 Å². The summed E-state index contributed by atoms with van der Waals surface area (Å²) in [4.78, 5) is 11.0. The predicted molar refractivity (Wildman–Crippen MR) is 65.4 cm³/mol. The van der Waals surface area contributed by atoms with E-state index in [2.05, 4.69) is 21.8 Å². The van der Waals surface area contributed by atoms with Crippen LogP contribution in [0.25, 0.3) is 0 Å². The maximum Gasteiger partial charge on any atom is 0.225 e. The second-order valence-electron chi connectivity index (χ2n) is 4.77. The molecule has 4 nitrogen and oxygen atoms in total. The van der Waals surface area contributed by atoms with Crippen LogP contribution in [0.15, 0.2) is 12.4 Å². The molecule has 16 heavy (non-hydrogen) atoms. The molecule has 1 aliphatic heterocycles. The number of nitrogens with two attached hydrogens (primary N) is 1. The Labute approximate surface area is 96.9 Å². The molecule has 2 N–H and O–H groups in total. The number of rotatable bonds is 2. The summed E-state index contributed by atoms with van der Waals surface area (Å²) < 4.78 is 0. The first-order chi connectivity index (χ1) is 7.66. The van der Waals surface area contributed by atoms with Gasteiger partial charge in [-0.15, -0.1) is 0 Å². The lowest BCUT2D eigenvalue weighted by Crippen LogP contribution is -2.43. The van der Waals surface area contributed by atoms with Crippen molar-refractivity contribution >= 4 is 5.95 Å². The molecular formula is C12H20N4. The van der Waals surface area contributed by atoms with E-state index in [4.69, 9.17) is 5.73 Å². The molecule has 2 heterocycles. The van der Waals surface area contributed by atoms with E-state index in [1.807, 2.05) is 19.3 Å². The molecule has 1 saturated heterocycles. The maximum atomic E-state index is 5.96. The lowest BCUT2D eigenvalue weighted by Gasteiger charge is -2.34. The van der Waals surface area contributed by atoms with Gasteiger partial charge in [-0.05, 0) is 38.2 Å². The van der Waals surface area contributed by atoms with E-state index < -0.39 is 0 Å². The molecule has 0 radical (unpaired) electrons. The normalized spacial score (nSPS) is 23.2. The van der Waals surface area contributed by atoms with Crippen LogP contribution in [0.4, 0.5) is 5.95 Å². The Morgan fingerprint density at radius 1 is 1.44 bits per heavy atom. The van der Waals surface area contributed by atoms with E-state index in [0.717, 1.165) is 24.6 Å². The minimum Gasteiger partial charge on any atom is -0.340 e. The zero-order valence-electron chi connectivity index (χ0n) is 10.1. The van der Waals surface area contributed by atoms with Crippen molar-refractivity contribution in [1.29, 1.82) is 0 Å². The van der Waals surface area contributed by atoms with Gasteiger partial charge in [0.1, 0.15) is 0 Å². The first-order valence-corrected chi connectivity index (χ1v) is 5.96. The number of nitrogens with zero attached hydrogens (tertiary/aromatic N) is 3. The molecule has 0 aliphatic carbocycles. The van der Waals surface area contributed by atoms with Gasteiger partial charge in [0.05, 0.1) is 0 Å². The van der Waals surface area contributed by atoms with Crippen LogP contribution in [0, 0.1) is 12.8 Å². The molecule has 0 bridgehead atoms. The van der Waals surface area contributed by atoms with Crippen molar-refractivity contribution in [3.05, 3.63) is 18.0 Å². The molecule has 0 amide bonds. The minimum atomic E-state index is 0.258. The fourth-order valence-electron chi connectivity index (χ4n) is 2.17. The fraction of sp³-hybridized carbons (Fsp3) is 0.667. The summed E-state index contributed by atoms with van der Waals surface area (Å²) in [5.41, 5.74) is 7.07. The molecule has 2 atom stereocenters. The molecule has 0 aromatic carbocycles. The third-order valence-electron chi connectivity index (χ3n) is 3.25. The highest BCUT2D eigenvalue weighted by atomic mass is 15.3. The molecule has 88 valence electrons. The molecule has 0 spiro atoms. The van der Waals surface area contributed by atoms with Crippen molar-refractivity contribution in [2.75, 3.05) is 18.0 Å². The van der Waals surface area contributed by atoms with Crippen molar-refractivity contribution < 1.29 is 0 Å². The fourth-order valence-corrected chi connectivity index (χ4v) is 2.17. The standard InChI is InChI=1S/C12H20N4/c1-9-6-14-12(15-7-9)16-5-3-4-11(8-16)10(2)13/h6-7,10-11H,3-5,8,13H2,1-2H3. The third kappa shape index (κ3) is 2.50. The second-order valence-corrected chi connectivity index (χ2v) is 4.77. The second kappa shape index (κ2) is 4.78. The van der Waals surface area contributed by atoms with Crippen LogP contribution < -0.4 is 10.6 Å². The zero-order valence-corrected chi connectivity index (χ0v) is 10.1. The van der Waals surface area contributed by atoms with Gasteiger partial charge >= 0.3 is 0 Å². The first-order valence-electron chi connectivity index (χ1n) is 5.96. The maximum absolute atomic E-state index is 5.96. The van der Waals surface area contributed by atoms with Crippen molar-refractivity contribution in [1.82, 2.24) is 9.97 Å². The molecule has 1 fully saturated rings. The number of aryl methyl sites for hydroxylation is 1. The van der Waals surface area contributed by atoms with Crippen LogP contribution in [0.3, 0.4) is 0 Å². The largest absolute Gasteiger partial charge is 0.340 e. The van der Waals surface area contributed by atoms with Crippen LogP contribution in [0.2, 0.25) is 0 Å². The van der Waals surface area contributed by atoms with Gasteiger partial charge in [-0.25, -0.2) is 9.97 Å². The lowest BCUT2D eigenvalue weighted by molar-refractivity contribution is 0.362. The molecule has 2 rings (SSSR count). The van der Waals surface area contributed by atoms with Gasteiger partial charge in [0.2, 0.25) is 5.95 Å². The molecule has 1 aliphatic rings. The van der Waals surface area contributed by atoms with Crippen molar-refractivity contribution in [3.63, 3.8) is 0 Å². The number of hydrogen-bond donors (Lipinski definition) is 1. The third-order valence-corrected chi connectivity index (χ3v) is 3.25. The molecule has 0 saturated carbocycles. The van der Waals surface area contributed by atoms with Gasteiger partial charge in [-0.2, -0.15) is 0 Å². The monoisotopic (exact) mass is 220 g/mol. The Kier molecular flexibility index (Phi) is 3.39. The minimum absolute atomic E-state index is 0.258. The Bertz CT molecular complexity index is 333. The van der Waals surface area contributed by atoms with Gasteiger partial charge in [-0.1, -0.05) is 0 Å². The van der Waals surface area contributed by atoms with Gasteiger partial charge in [0, 0.05) is 31.5 Å². The van der Waals surface area contributed by atoms with Gasteiger partial charge < -0.3 is 10.6 Å². The van der Waals surface area contributed by atoms with Crippen LogP contribution in [0.1, 0.15) is 25.3 Å². The van der Waals surface area contributed by atoms with E-state index in [1.54, 1.807) is 0 Å². The Morgan fingerprint density at radius 3 is 2.75 bits per heavy atom. The quantitative estimate of drug-likeness (QED) is 0.817. The highest BCUT2D eigenvalue weighted by Crippen LogP contribution is 2.21. The van der Waals surface area contributed by atoms with Crippen LogP contribution >= 0.6 is 0 Å². The number of hydrogen-bond acceptors (Lipinski definition) is 4. The molecule has 2 unspecified atom stereocenters. The summed E-state index contributed by atoms with van der Waals surface area (Å²) >= 11 is 0. The summed E-state index contributed by atoms with van der Waals surface area (Å²) in [5.74, 6) is 1.41. The average molecular weight is 220 g/mol. The van der Waals surface area contributed by atoms with Crippen LogP contribution in [-0.2, 0) is 0 Å². The Balaban J connectivity index is 2.06. The van der Waals surface area contributed by atoms with Crippen LogP contribution in [-0.4, -0.2) is 29.1 Å². The highest BCUT2D eigenvalue weighted by molar-refractivity contribution is 5.30. The van der Waals surface area contributed by atoms with Gasteiger partial charge in [0.25, 0.3) is 0 Å². The first kappa shape index (κ1) is 11.3. The van der Waals surface area contributed by atoms with Crippen molar-refractivity contribution in [3.8, 4) is 0 Å². The van der Waals surface area contributed by atoms with Crippen LogP contribution in [0.5, 0.6) is 0 Å². The topological polar surface area (TPSA) is 55.0 Å². The van der Waals surface area contributed by atoms with E-state index in [0.29, 0.717) is 5.92 Å². The predicted octanol–water partition coefficient (Wildman–Crippen LogP) is 1.35. The summed E-state index contributed by atoms with van der Waals surface area (Å²) in [6.07, 6.45) is 6.15. The average Bonchev–Trinajstić information content (AvgIpc) is 2.30. The zero-order chi connectivity index (χ0) is 11.5. The van der Waals surface area contributed by atoms with Crippen molar-refractivity contribution in [2.45, 2.75) is 32.7 Å². The molecular weight excluding hydrogens is 200 g/mol. The summed E-state index contributed by atoms with van der Waals surface area (Å²) in [6.45, 7) is 6.13. The molecule has 4 heteroatoms. The Hall–Kier alpha value is -1.16. The number of piperidine rings is 1. The van der Waals surface area contributed by atoms with Gasteiger partial charge in [0.15, 0.2) is 0 Å². The SMILES string of the molecule is Cc1cnc(N2CCCC(C(C)N)C2)nc1. The molecule has 1 aromatic heterocycles. The highest BCUT2D eigenvalue weighted by Gasteiger charge is 2.23. The summed E-state index contributed by atoms with van der Waals surface area (Å²) in [5, 5.41) is 0. The molecule has 1 aromatic rings. The van der Waals surface area contributed by atoms with E-state index in [1.165, 1.54) is 12.8 Å². The van der Waals surface area contributed by atoms with E-state index in [9.17, 15) is 0 Å². The smallest absolute Gasteiger partial charge is 0.225 e. The number of aromatic nitrogens is 2. The lowest BCUT2D eigenvalue weighted by atomic mass is 9.92. The summed E-state index contributed by atoms with van der Waals surface area (Å²) in [7, 11) is 0. The van der Waals surface area contributed by atoms with Gasteiger partial charge in [-0.3, -0.25) is 0 Å². The van der Waals surface area contributed by atoms with E-state index in [-0.39, 0.29) is 6.04 Å². The van der Waals surface area contributed by atoms with Crippen molar-refractivity contribution in [2.24, 2.45) is 11.7 Å². The summed E-state index contributed by atoms with van der Waals surface area (Å²) in [6, 6.07) is 0.258. The Morgan fingerprint density at radius 2 is 2.12 bits per heavy atom.